The van der Waals surface area contributed by atoms with E-state index in [0.29, 0.717) is 22.5 Å². The molecule has 0 radical (unpaired) electrons. The van der Waals surface area contributed by atoms with Gasteiger partial charge in [0.1, 0.15) is 16.8 Å². The topological polar surface area (TPSA) is 79.9 Å². The molecule has 144 valence electrons. The van der Waals surface area contributed by atoms with Crippen molar-refractivity contribution in [1.29, 1.82) is 0 Å². The van der Waals surface area contributed by atoms with E-state index in [2.05, 4.69) is 20.5 Å². The maximum absolute atomic E-state index is 13.2. The number of nitrogens with one attached hydrogen (secondary N) is 2. The van der Waals surface area contributed by atoms with Crippen molar-refractivity contribution in [2.24, 2.45) is 0 Å². The molecule has 0 spiro atoms. The first kappa shape index (κ1) is 18.6. The van der Waals surface area contributed by atoms with E-state index >= 15 is 0 Å². The maximum atomic E-state index is 13.2. The van der Waals surface area contributed by atoms with Crippen molar-refractivity contribution < 1.29 is 9.53 Å². The highest BCUT2D eigenvalue weighted by atomic mass is 32.2. The molecule has 1 saturated carbocycles. The zero-order chi connectivity index (χ0) is 19.5. The number of thioether (sulfide) groups is 1. The molecule has 1 aliphatic rings. The van der Waals surface area contributed by atoms with Crippen LogP contribution in [0.25, 0.3) is 0 Å². The number of aromatic nitrogens is 3. The minimum Gasteiger partial charge on any atom is -0.495 e. The van der Waals surface area contributed by atoms with Crippen LogP contribution in [0.5, 0.6) is 5.75 Å². The number of carbonyl (C=O) groups is 1. The van der Waals surface area contributed by atoms with E-state index in [4.69, 9.17) is 4.74 Å². The van der Waals surface area contributed by atoms with Gasteiger partial charge in [0.15, 0.2) is 0 Å². The normalized spacial score (nSPS) is 14.5. The number of carbonyl (C=O) groups excluding carboxylic acids is 1. The molecule has 2 N–H and O–H groups in total. The van der Waals surface area contributed by atoms with Crippen LogP contribution in [0.3, 0.4) is 0 Å². The summed E-state index contributed by atoms with van der Waals surface area (Å²) in [6.07, 6.45) is 2.30. The zero-order valence-electron chi connectivity index (χ0n) is 15.8. The molecule has 28 heavy (non-hydrogen) atoms. The van der Waals surface area contributed by atoms with E-state index in [-0.39, 0.29) is 5.91 Å². The Balaban J connectivity index is 1.59. The second-order valence-corrected chi connectivity index (χ2v) is 7.95. The van der Waals surface area contributed by atoms with Crippen LogP contribution in [0.15, 0.2) is 53.7 Å². The molecule has 1 fully saturated rings. The van der Waals surface area contributed by atoms with Crippen LogP contribution in [0, 0.1) is 6.92 Å². The Morgan fingerprint density at radius 2 is 2.04 bits per heavy atom. The first-order chi connectivity index (χ1) is 13.6. The summed E-state index contributed by atoms with van der Waals surface area (Å²) in [6, 6.07) is 15.4. The van der Waals surface area contributed by atoms with Gasteiger partial charge in [-0.25, -0.2) is 4.98 Å². The Labute approximate surface area is 168 Å². The van der Waals surface area contributed by atoms with Crippen molar-refractivity contribution >= 4 is 23.4 Å². The summed E-state index contributed by atoms with van der Waals surface area (Å²) in [5.41, 5.74) is 2.60. The van der Waals surface area contributed by atoms with E-state index in [9.17, 15) is 4.79 Å². The molecular weight excluding hydrogens is 372 g/mol. The van der Waals surface area contributed by atoms with E-state index in [1.54, 1.807) is 7.11 Å². The number of rotatable bonds is 7. The lowest BCUT2D eigenvalue weighted by atomic mass is 10.1. The third-order valence-corrected chi connectivity index (χ3v) is 5.74. The summed E-state index contributed by atoms with van der Waals surface area (Å²) in [6.45, 7) is 1.98. The number of ether oxygens (including phenoxy) is 1. The number of amides is 1. The number of aryl methyl sites for hydroxylation is 1. The van der Waals surface area contributed by atoms with E-state index in [0.717, 1.165) is 29.8 Å². The summed E-state index contributed by atoms with van der Waals surface area (Å²) < 4.78 is 5.39. The highest BCUT2D eigenvalue weighted by Crippen LogP contribution is 2.40. The van der Waals surface area contributed by atoms with Gasteiger partial charge in [0.25, 0.3) is 0 Å². The number of methoxy groups -OCH3 is 1. The third kappa shape index (κ3) is 4.20. The second-order valence-electron chi connectivity index (χ2n) is 6.88. The number of benzene rings is 2. The van der Waals surface area contributed by atoms with Gasteiger partial charge in [-0.1, -0.05) is 48.2 Å². The Hall–Kier alpha value is -2.80. The Bertz CT molecular complexity index is 970. The van der Waals surface area contributed by atoms with Gasteiger partial charge < -0.3 is 10.1 Å². The second kappa shape index (κ2) is 8.06. The molecule has 4 rings (SSSR count). The summed E-state index contributed by atoms with van der Waals surface area (Å²) in [5, 5.41) is 10.4. The Kier molecular flexibility index (Phi) is 5.34. The van der Waals surface area contributed by atoms with Crippen LogP contribution in [-0.2, 0) is 4.79 Å². The lowest BCUT2D eigenvalue weighted by Gasteiger charge is -2.17. The van der Waals surface area contributed by atoms with Gasteiger partial charge >= 0.3 is 0 Å². The van der Waals surface area contributed by atoms with E-state index < -0.39 is 5.25 Å². The van der Waals surface area contributed by atoms with Crippen molar-refractivity contribution in [2.75, 3.05) is 12.4 Å². The highest BCUT2D eigenvalue weighted by Gasteiger charge is 2.29. The molecule has 0 bridgehead atoms. The highest BCUT2D eigenvalue weighted by molar-refractivity contribution is 8.00. The van der Waals surface area contributed by atoms with Crippen molar-refractivity contribution in [2.45, 2.75) is 36.1 Å². The van der Waals surface area contributed by atoms with Crippen LogP contribution in [0.2, 0.25) is 0 Å². The Morgan fingerprint density at radius 1 is 1.25 bits per heavy atom. The lowest BCUT2D eigenvalue weighted by Crippen LogP contribution is -2.19. The van der Waals surface area contributed by atoms with Gasteiger partial charge in [-0.05, 0) is 43.0 Å². The zero-order valence-corrected chi connectivity index (χ0v) is 16.6. The standard InChI is InChI=1S/C21H22N4O2S/c1-13-8-11-17(27-2)16(12-13)22-20(26)18(14-6-4-3-5-7-14)28-21-23-19(24-25-21)15-9-10-15/h3-8,11-12,15,18H,9-10H2,1-2H3,(H,22,26)(H,23,24,25). The average Bonchev–Trinajstić information content (AvgIpc) is 3.45. The smallest absolute Gasteiger partial charge is 0.242 e. The molecule has 1 aromatic heterocycles. The van der Waals surface area contributed by atoms with E-state index in [1.807, 2.05) is 55.5 Å². The van der Waals surface area contributed by atoms with Gasteiger partial charge in [-0.15, -0.1) is 5.10 Å². The number of anilines is 1. The first-order valence-electron chi connectivity index (χ1n) is 9.23. The van der Waals surface area contributed by atoms with Gasteiger partial charge in [-0.2, -0.15) is 0 Å². The van der Waals surface area contributed by atoms with Gasteiger partial charge in [-0.3, -0.25) is 9.89 Å². The molecule has 1 heterocycles. The molecule has 1 amide bonds. The quantitative estimate of drug-likeness (QED) is 0.578. The van der Waals surface area contributed by atoms with Crippen LogP contribution < -0.4 is 10.1 Å². The molecule has 2 aromatic carbocycles. The molecule has 0 aliphatic heterocycles. The Morgan fingerprint density at radius 3 is 2.75 bits per heavy atom. The fraction of sp³-hybridized carbons (Fsp3) is 0.286. The third-order valence-electron chi connectivity index (χ3n) is 4.62. The summed E-state index contributed by atoms with van der Waals surface area (Å²) in [4.78, 5) is 17.8. The number of hydrogen-bond donors (Lipinski definition) is 2. The SMILES string of the molecule is COc1ccc(C)cc1NC(=O)C(Sc1n[nH]c(C2CC2)n1)c1ccccc1. The van der Waals surface area contributed by atoms with Crippen LogP contribution in [-0.4, -0.2) is 28.2 Å². The minimum absolute atomic E-state index is 0.141. The van der Waals surface area contributed by atoms with Crippen molar-refractivity contribution in [3.05, 3.63) is 65.5 Å². The van der Waals surface area contributed by atoms with E-state index in [1.165, 1.54) is 11.8 Å². The van der Waals surface area contributed by atoms with Crippen molar-refractivity contribution in [3.63, 3.8) is 0 Å². The fourth-order valence-electron chi connectivity index (χ4n) is 2.97. The van der Waals surface area contributed by atoms with Gasteiger partial charge in [0.2, 0.25) is 11.1 Å². The monoisotopic (exact) mass is 394 g/mol. The number of aromatic amines is 1. The first-order valence-corrected chi connectivity index (χ1v) is 10.1. The van der Waals surface area contributed by atoms with Crippen LogP contribution >= 0.6 is 11.8 Å². The predicted octanol–water partition coefficient (Wildman–Crippen LogP) is 4.47. The molecule has 7 heteroatoms. The largest absolute Gasteiger partial charge is 0.495 e. The minimum atomic E-state index is -0.478. The molecule has 3 aromatic rings. The molecule has 6 nitrogen and oxygen atoms in total. The number of nitrogens with zero attached hydrogens (tertiary/aromatic N) is 2. The fourth-order valence-corrected chi connectivity index (χ4v) is 3.89. The number of hydrogen-bond acceptors (Lipinski definition) is 5. The summed E-state index contributed by atoms with van der Waals surface area (Å²) in [5.74, 6) is 1.89. The maximum Gasteiger partial charge on any atom is 0.242 e. The van der Waals surface area contributed by atoms with Crippen LogP contribution in [0.4, 0.5) is 5.69 Å². The van der Waals surface area contributed by atoms with Gasteiger partial charge in [0, 0.05) is 5.92 Å². The molecule has 1 aliphatic carbocycles. The summed E-state index contributed by atoms with van der Waals surface area (Å²) >= 11 is 1.35. The van der Waals surface area contributed by atoms with Crippen molar-refractivity contribution in [1.82, 2.24) is 15.2 Å². The molecule has 1 unspecified atom stereocenters. The molecule has 1 atom stereocenters. The van der Waals surface area contributed by atoms with Gasteiger partial charge in [0.05, 0.1) is 12.8 Å². The molecule has 0 saturated heterocycles. The lowest BCUT2D eigenvalue weighted by molar-refractivity contribution is -0.115. The van der Waals surface area contributed by atoms with Crippen molar-refractivity contribution in [3.8, 4) is 5.75 Å². The van der Waals surface area contributed by atoms with Crippen LogP contribution in [0.1, 0.15) is 41.0 Å². The average molecular weight is 395 g/mol. The summed E-state index contributed by atoms with van der Waals surface area (Å²) in [7, 11) is 1.59. The number of H-pyrrole nitrogens is 1. The molecular formula is C21H22N4O2S. The predicted molar refractivity (Wildman–Crippen MR) is 110 cm³/mol.